The third kappa shape index (κ3) is 5.93. The van der Waals surface area contributed by atoms with Crippen molar-refractivity contribution < 1.29 is 4.79 Å². The van der Waals surface area contributed by atoms with Gasteiger partial charge in [-0.3, -0.25) is 4.79 Å². The number of hydrogen-bond acceptors (Lipinski definition) is 6. The summed E-state index contributed by atoms with van der Waals surface area (Å²) in [5.41, 5.74) is 4.57. The molecule has 0 atom stereocenters. The third-order valence-corrected chi connectivity index (χ3v) is 9.40. The molecule has 0 unspecified atom stereocenters. The first-order chi connectivity index (χ1) is 19.0. The van der Waals surface area contributed by atoms with Crippen LogP contribution in [0.2, 0.25) is 0 Å². The van der Waals surface area contributed by atoms with E-state index in [9.17, 15) is 4.79 Å². The van der Waals surface area contributed by atoms with Crippen molar-refractivity contribution in [3.8, 4) is 0 Å². The molecule has 1 amide bonds. The average molecular weight is 544 g/mol. The first-order valence-corrected chi connectivity index (χ1v) is 15.4. The second-order valence-corrected chi connectivity index (χ2v) is 12.4. The van der Waals surface area contributed by atoms with Crippen molar-refractivity contribution in [3.63, 3.8) is 0 Å². The van der Waals surface area contributed by atoms with E-state index in [0.29, 0.717) is 6.04 Å². The molecule has 1 aromatic heterocycles. The van der Waals surface area contributed by atoms with E-state index >= 15 is 0 Å². The van der Waals surface area contributed by atoms with Gasteiger partial charge in [0.1, 0.15) is 10.6 Å². The summed E-state index contributed by atoms with van der Waals surface area (Å²) >= 11 is 1.70. The quantitative estimate of drug-likeness (QED) is 0.347. The number of benzene rings is 2. The summed E-state index contributed by atoms with van der Waals surface area (Å²) in [5, 5.41) is 7.10. The fraction of sp³-hybridized carbons (Fsp3) is 0.469. The number of carbonyl (C=O) groups excluding carboxylic acids is 1. The van der Waals surface area contributed by atoms with Crippen LogP contribution in [-0.2, 0) is 22.4 Å². The maximum atomic E-state index is 14.2. The summed E-state index contributed by atoms with van der Waals surface area (Å²) in [6.45, 7) is 2.12. The van der Waals surface area contributed by atoms with Crippen LogP contribution in [0.15, 0.2) is 60.7 Å². The van der Waals surface area contributed by atoms with Crippen molar-refractivity contribution in [2.45, 2.75) is 75.1 Å². The molecule has 0 bridgehead atoms. The highest BCUT2D eigenvalue weighted by atomic mass is 32.2. The van der Waals surface area contributed by atoms with Crippen LogP contribution < -0.4 is 15.5 Å². The standard InChI is InChI=1S/C32H41N5OS/c1-4-39-32(23-13-7-5-8-14-23,24-15-9-6-10-16-24)30(38)33-25-19-21-26(22-20-25)34-31-35-28-18-12-11-17-27(28)29(36-31)37(2)3/h5-10,13-16,25-26H,4,11-12,17-22H2,1-3H3,(H,33,38)(H,34,35,36). The molecule has 7 heteroatoms. The fourth-order valence-corrected chi connectivity index (χ4v) is 7.31. The summed E-state index contributed by atoms with van der Waals surface area (Å²) in [5.74, 6) is 2.72. The van der Waals surface area contributed by atoms with Crippen LogP contribution >= 0.6 is 11.8 Å². The fourth-order valence-electron chi connectivity index (χ4n) is 6.08. The topological polar surface area (TPSA) is 70.2 Å². The highest BCUT2D eigenvalue weighted by Crippen LogP contribution is 2.43. The Hall–Kier alpha value is -3.06. The van der Waals surface area contributed by atoms with Crippen molar-refractivity contribution in [2.24, 2.45) is 0 Å². The highest BCUT2D eigenvalue weighted by molar-refractivity contribution is 8.01. The summed E-state index contributed by atoms with van der Waals surface area (Å²) in [4.78, 5) is 26.1. The summed E-state index contributed by atoms with van der Waals surface area (Å²) < 4.78 is -0.772. The molecule has 2 aliphatic carbocycles. The minimum Gasteiger partial charge on any atom is -0.362 e. The number of rotatable bonds is 9. The number of nitrogens with one attached hydrogen (secondary N) is 2. The molecule has 0 spiro atoms. The number of carbonyl (C=O) groups is 1. The van der Waals surface area contributed by atoms with E-state index in [2.05, 4.69) is 60.8 Å². The van der Waals surface area contributed by atoms with E-state index in [1.807, 2.05) is 36.4 Å². The van der Waals surface area contributed by atoms with Gasteiger partial charge in [0.05, 0.1) is 5.69 Å². The van der Waals surface area contributed by atoms with Gasteiger partial charge in [-0.1, -0.05) is 67.6 Å². The van der Waals surface area contributed by atoms with E-state index in [0.717, 1.165) is 67.2 Å². The van der Waals surface area contributed by atoms with Crippen molar-refractivity contribution in [2.75, 3.05) is 30.1 Å². The zero-order valence-corrected chi connectivity index (χ0v) is 24.3. The Bertz CT molecular complexity index is 1200. The van der Waals surface area contributed by atoms with Gasteiger partial charge in [0.2, 0.25) is 11.9 Å². The number of amides is 1. The minimum atomic E-state index is -0.772. The van der Waals surface area contributed by atoms with Crippen molar-refractivity contribution in [1.29, 1.82) is 0 Å². The predicted octanol–water partition coefficient (Wildman–Crippen LogP) is 5.96. The van der Waals surface area contributed by atoms with Gasteiger partial charge in [0.25, 0.3) is 0 Å². The van der Waals surface area contributed by atoms with Crippen LogP contribution in [0.5, 0.6) is 0 Å². The van der Waals surface area contributed by atoms with Gasteiger partial charge in [-0.25, -0.2) is 4.98 Å². The van der Waals surface area contributed by atoms with Crippen LogP contribution in [0.4, 0.5) is 11.8 Å². The normalized spacial score (nSPS) is 19.2. The second kappa shape index (κ2) is 12.4. The zero-order valence-electron chi connectivity index (χ0n) is 23.5. The van der Waals surface area contributed by atoms with Crippen LogP contribution in [0.1, 0.15) is 67.8 Å². The largest absolute Gasteiger partial charge is 0.362 e. The van der Waals surface area contributed by atoms with E-state index < -0.39 is 4.75 Å². The predicted molar refractivity (Wildman–Crippen MR) is 163 cm³/mol. The molecule has 206 valence electrons. The van der Waals surface area contributed by atoms with Gasteiger partial charge in [0, 0.05) is 31.7 Å². The van der Waals surface area contributed by atoms with Gasteiger partial charge >= 0.3 is 0 Å². The molecule has 5 rings (SSSR count). The number of thioether (sulfide) groups is 1. The molecular weight excluding hydrogens is 502 g/mol. The number of hydrogen-bond donors (Lipinski definition) is 2. The number of anilines is 2. The average Bonchev–Trinajstić information content (AvgIpc) is 2.97. The second-order valence-electron chi connectivity index (χ2n) is 10.9. The minimum absolute atomic E-state index is 0.0804. The molecule has 1 fully saturated rings. The monoisotopic (exact) mass is 543 g/mol. The van der Waals surface area contributed by atoms with Gasteiger partial charge in [-0.15, -0.1) is 11.8 Å². The smallest absolute Gasteiger partial charge is 0.245 e. The Balaban J connectivity index is 1.28. The number of fused-ring (bicyclic) bond motifs is 1. The molecule has 0 aliphatic heterocycles. The Morgan fingerprint density at radius 2 is 1.49 bits per heavy atom. The lowest BCUT2D eigenvalue weighted by molar-refractivity contribution is -0.123. The Morgan fingerprint density at radius 3 is 2.08 bits per heavy atom. The molecule has 2 N–H and O–H groups in total. The molecule has 1 saturated carbocycles. The molecular formula is C32H41N5OS. The van der Waals surface area contributed by atoms with Crippen molar-refractivity contribution in [1.82, 2.24) is 15.3 Å². The first-order valence-electron chi connectivity index (χ1n) is 14.4. The first kappa shape index (κ1) is 27.5. The highest BCUT2D eigenvalue weighted by Gasteiger charge is 2.43. The van der Waals surface area contributed by atoms with E-state index in [-0.39, 0.29) is 11.9 Å². The van der Waals surface area contributed by atoms with Crippen LogP contribution in [-0.4, -0.2) is 47.8 Å². The molecule has 0 radical (unpaired) electrons. The molecule has 2 aromatic carbocycles. The molecule has 3 aromatic rings. The van der Waals surface area contributed by atoms with Crippen LogP contribution in [0.25, 0.3) is 0 Å². The van der Waals surface area contributed by atoms with Gasteiger partial charge < -0.3 is 15.5 Å². The number of nitrogens with zero attached hydrogens (tertiary/aromatic N) is 3. The number of aromatic nitrogens is 2. The van der Waals surface area contributed by atoms with E-state index in [1.165, 1.54) is 24.1 Å². The van der Waals surface area contributed by atoms with Gasteiger partial charge in [0.15, 0.2) is 0 Å². The van der Waals surface area contributed by atoms with Gasteiger partial charge in [-0.2, -0.15) is 4.98 Å². The third-order valence-electron chi connectivity index (χ3n) is 8.02. The molecule has 6 nitrogen and oxygen atoms in total. The molecule has 1 heterocycles. The Morgan fingerprint density at radius 1 is 0.897 bits per heavy atom. The van der Waals surface area contributed by atoms with Crippen LogP contribution in [0.3, 0.4) is 0 Å². The molecule has 0 saturated heterocycles. The van der Waals surface area contributed by atoms with Crippen LogP contribution in [0, 0.1) is 0 Å². The summed E-state index contributed by atoms with van der Waals surface area (Å²) in [6, 6.07) is 20.9. The van der Waals surface area contributed by atoms with E-state index in [1.54, 1.807) is 11.8 Å². The molecule has 2 aliphatic rings. The van der Waals surface area contributed by atoms with E-state index in [4.69, 9.17) is 9.97 Å². The lowest BCUT2D eigenvalue weighted by Crippen LogP contribution is -2.49. The molecule has 39 heavy (non-hydrogen) atoms. The lowest BCUT2D eigenvalue weighted by atomic mass is 9.87. The van der Waals surface area contributed by atoms with Crippen molar-refractivity contribution in [3.05, 3.63) is 83.0 Å². The maximum Gasteiger partial charge on any atom is 0.245 e. The Kier molecular flexibility index (Phi) is 8.75. The maximum absolute atomic E-state index is 14.2. The SMILES string of the molecule is CCSC(C(=O)NC1CCC(Nc2nc3c(c(N(C)C)n2)CCCC3)CC1)(c1ccccc1)c1ccccc1. The summed E-state index contributed by atoms with van der Waals surface area (Å²) in [7, 11) is 4.13. The number of aryl methyl sites for hydroxylation is 1. The van der Waals surface area contributed by atoms with Gasteiger partial charge in [-0.05, 0) is 68.2 Å². The van der Waals surface area contributed by atoms with Crippen molar-refractivity contribution >= 4 is 29.4 Å². The summed E-state index contributed by atoms with van der Waals surface area (Å²) in [6.07, 6.45) is 8.35. The zero-order chi connectivity index (χ0) is 27.2. The Labute approximate surface area is 237 Å². The lowest BCUT2D eigenvalue weighted by Gasteiger charge is -2.36.